The zero-order chi connectivity index (χ0) is 17.1. The highest BCUT2D eigenvalue weighted by molar-refractivity contribution is 5.88. The number of rotatable bonds is 4. The molecule has 0 spiro atoms. The number of carbonyl (C=O) groups is 2. The molecule has 1 saturated heterocycles. The predicted octanol–water partition coefficient (Wildman–Crippen LogP) is 1.62. The van der Waals surface area contributed by atoms with E-state index >= 15 is 0 Å². The van der Waals surface area contributed by atoms with Crippen molar-refractivity contribution in [3.05, 3.63) is 48.0 Å². The van der Waals surface area contributed by atoms with E-state index in [2.05, 4.69) is 40.5 Å². The largest absolute Gasteiger partial charge is 0.353 e. The van der Waals surface area contributed by atoms with E-state index in [0.717, 1.165) is 12.1 Å². The van der Waals surface area contributed by atoms with E-state index in [1.54, 1.807) is 14.1 Å². The van der Waals surface area contributed by atoms with Gasteiger partial charge in [0.05, 0.1) is 12.5 Å². The fourth-order valence-electron chi connectivity index (χ4n) is 3.09. The molecule has 24 heavy (non-hydrogen) atoms. The third-order valence-electron chi connectivity index (χ3n) is 4.51. The summed E-state index contributed by atoms with van der Waals surface area (Å²) in [6.07, 6.45) is 0.215. The molecule has 0 aliphatic carbocycles. The molecular formula is C19H23N3O2. The molecule has 2 amide bonds. The summed E-state index contributed by atoms with van der Waals surface area (Å²) in [6.45, 7) is 2.05. The Labute approximate surface area is 142 Å². The van der Waals surface area contributed by atoms with Crippen molar-refractivity contribution < 1.29 is 9.59 Å². The molecule has 1 aliphatic heterocycles. The van der Waals surface area contributed by atoms with Crippen LogP contribution in [-0.2, 0) is 16.1 Å². The number of benzene rings is 2. The van der Waals surface area contributed by atoms with Gasteiger partial charge < -0.3 is 10.2 Å². The molecular weight excluding hydrogens is 302 g/mol. The summed E-state index contributed by atoms with van der Waals surface area (Å²) in [7, 11) is 3.44. The van der Waals surface area contributed by atoms with E-state index in [1.807, 2.05) is 12.1 Å². The van der Waals surface area contributed by atoms with Crippen molar-refractivity contribution in [3.8, 4) is 0 Å². The molecule has 0 unspecified atom stereocenters. The number of nitrogens with one attached hydrogen (secondary N) is 1. The minimum atomic E-state index is -0.403. The summed E-state index contributed by atoms with van der Waals surface area (Å²) in [4.78, 5) is 27.9. The molecule has 0 aromatic heterocycles. The monoisotopic (exact) mass is 325 g/mol. The minimum Gasteiger partial charge on any atom is -0.353 e. The second-order valence-corrected chi connectivity index (χ2v) is 6.45. The van der Waals surface area contributed by atoms with E-state index in [9.17, 15) is 9.59 Å². The van der Waals surface area contributed by atoms with Crippen LogP contribution in [0.25, 0.3) is 10.8 Å². The molecule has 5 heteroatoms. The van der Waals surface area contributed by atoms with Gasteiger partial charge in [-0.2, -0.15) is 0 Å². The van der Waals surface area contributed by atoms with Crippen molar-refractivity contribution in [2.75, 3.05) is 27.2 Å². The molecule has 2 aromatic rings. The minimum absolute atomic E-state index is 0.0273. The van der Waals surface area contributed by atoms with E-state index in [0.29, 0.717) is 13.1 Å². The van der Waals surface area contributed by atoms with Gasteiger partial charge in [0.15, 0.2) is 0 Å². The molecule has 2 aromatic carbocycles. The standard InChI is InChI=1S/C19H23N3O2/c1-21(2)18(23)12-17-19(24)20-9-10-22(17)13-14-7-8-15-5-3-4-6-16(15)11-14/h3-8,11,17H,9-10,12-13H2,1-2H3,(H,20,24)/t17-/m0/s1. The Balaban J connectivity index is 1.79. The SMILES string of the molecule is CN(C)C(=O)C[C@H]1C(=O)NCCN1Cc1ccc2ccccc2c1. The van der Waals surface area contributed by atoms with Gasteiger partial charge in [-0.1, -0.05) is 36.4 Å². The molecule has 0 saturated carbocycles. The summed E-state index contributed by atoms with van der Waals surface area (Å²) >= 11 is 0. The maximum Gasteiger partial charge on any atom is 0.237 e. The van der Waals surface area contributed by atoms with Gasteiger partial charge in [-0.05, 0) is 22.4 Å². The Bertz CT molecular complexity index is 757. The average molecular weight is 325 g/mol. The first-order valence-corrected chi connectivity index (χ1v) is 8.24. The summed E-state index contributed by atoms with van der Waals surface area (Å²) in [6, 6.07) is 14.2. The van der Waals surface area contributed by atoms with Crippen molar-refractivity contribution in [2.24, 2.45) is 0 Å². The lowest BCUT2D eigenvalue weighted by Gasteiger charge is -2.35. The predicted molar refractivity (Wildman–Crippen MR) is 94.5 cm³/mol. The highest BCUT2D eigenvalue weighted by atomic mass is 16.2. The summed E-state index contributed by atoms with van der Waals surface area (Å²) in [5.74, 6) is -0.0854. The maximum atomic E-state index is 12.2. The number of fused-ring (bicyclic) bond motifs is 1. The first kappa shape index (κ1) is 16.5. The van der Waals surface area contributed by atoms with Gasteiger partial charge >= 0.3 is 0 Å². The van der Waals surface area contributed by atoms with Crippen LogP contribution in [0.2, 0.25) is 0 Å². The lowest BCUT2D eigenvalue weighted by Crippen LogP contribution is -2.56. The van der Waals surface area contributed by atoms with Crippen LogP contribution in [0.15, 0.2) is 42.5 Å². The first-order valence-electron chi connectivity index (χ1n) is 8.24. The van der Waals surface area contributed by atoms with Crippen LogP contribution in [0.5, 0.6) is 0 Å². The summed E-state index contributed by atoms with van der Waals surface area (Å²) in [5, 5.41) is 5.27. The Hall–Kier alpha value is -2.40. The van der Waals surface area contributed by atoms with Gasteiger partial charge in [0, 0.05) is 33.7 Å². The molecule has 0 bridgehead atoms. The van der Waals surface area contributed by atoms with Crippen LogP contribution in [0.3, 0.4) is 0 Å². The van der Waals surface area contributed by atoms with Crippen LogP contribution in [-0.4, -0.2) is 54.8 Å². The molecule has 5 nitrogen and oxygen atoms in total. The average Bonchev–Trinajstić information content (AvgIpc) is 2.57. The molecule has 3 rings (SSSR count). The number of carbonyl (C=O) groups excluding carboxylic acids is 2. The maximum absolute atomic E-state index is 12.2. The third kappa shape index (κ3) is 3.57. The Morgan fingerprint density at radius 3 is 2.71 bits per heavy atom. The van der Waals surface area contributed by atoms with Crippen molar-refractivity contribution in [3.63, 3.8) is 0 Å². The fourth-order valence-corrected chi connectivity index (χ4v) is 3.09. The Morgan fingerprint density at radius 1 is 1.21 bits per heavy atom. The molecule has 0 radical (unpaired) electrons. The second-order valence-electron chi connectivity index (χ2n) is 6.45. The van der Waals surface area contributed by atoms with Crippen molar-refractivity contribution in [1.29, 1.82) is 0 Å². The molecule has 1 atom stereocenters. The molecule has 1 aliphatic rings. The highest BCUT2D eigenvalue weighted by Crippen LogP contribution is 2.19. The van der Waals surface area contributed by atoms with E-state index in [-0.39, 0.29) is 18.2 Å². The highest BCUT2D eigenvalue weighted by Gasteiger charge is 2.31. The van der Waals surface area contributed by atoms with Gasteiger partial charge in [0.1, 0.15) is 0 Å². The lowest BCUT2D eigenvalue weighted by molar-refractivity contribution is -0.137. The number of hydrogen-bond acceptors (Lipinski definition) is 3. The number of hydrogen-bond donors (Lipinski definition) is 1. The zero-order valence-corrected chi connectivity index (χ0v) is 14.2. The van der Waals surface area contributed by atoms with E-state index < -0.39 is 6.04 Å². The van der Waals surface area contributed by atoms with Crippen molar-refractivity contribution in [2.45, 2.75) is 19.0 Å². The Morgan fingerprint density at radius 2 is 1.96 bits per heavy atom. The van der Waals surface area contributed by atoms with Gasteiger partial charge in [0.25, 0.3) is 0 Å². The second kappa shape index (κ2) is 7.01. The van der Waals surface area contributed by atoms with E-state index in [1.165, 1.54) is 15.7 Å². The van der Waals surface area contributed by atoms with Gasteiger partial charge in [-0.25, -0.2) is 0 Å². The number of nitrogens with zero attached hydrogens (tertiary/aromatic N) is 2. The normalized spacial score (nSPS) is 18.4. The van der Waals surface area contributed by atoms with Crippen LogP contribution in [0.1, 0.15) is 12.0 Å². The first-order chi connectivity index (χ1) is 11.5. The van der Waals surface area contributed by atoms with Crippen LogP contribution in [0.4, 0.5) is 0 Å². The molecule has 1 heterocycles. The third-order valence-corrected chi connectivity index (χ3v) is 4.51. The van der Waals surface area contributed by atoms with Crippen molar-refractivity contribution >= 4 is 22.6 Å². The topological polar surface area (TPSA) is 52.7 Å². The van der Waals surface area contributed by atoms with Crippen LogP contribution >= 0.6 is 0 Å². The summed E-state index contributed by atoms with van der Waals surface area (Å²) < 4.78 is 0. The van der Waals surface area contributed by atoms with Crippen LogP contribution in [0, 0.1) is 0 Å². The zero-order valence-electron chi connectivity index (χ0n) is 14.2. The van der Waals surface area contributed by atoms with Gasteiger partial charge in [0.2, 0.25) is 11.8 Å². The molecule has 126 valence electrons. The number of amides is 2. The smallest absolute Gasteiger partial charge is 0.237 e. The van der Waals surface area contributed by atoms with Gasteiger partial charge in [-0.3, -0.25) is 14.5 Å². The summed E-state index contributed by atoms with van der Waals surface area (Å²) in [5.41, 5.74) is 1.16. The van der Waals surface area contributed by atoms with Crippen LogP contribution < -0.4 is 5.32 Å². The van der Waals surface area contributed by atoms with Crippen molar-refractivity contribution in [1.82, 2.24) is 15.1 Å². The molecule has 1 fully saturated rings. The fraction of sp³-hybridized carbons (Fsp3) is 0.368. The Kier molecular flexibility index (Phi) is 4.81. The quantitative estimate of drug-likeness (QED) is 0.929. The number of piperazine rings is 1. The van der Waals surface area contributed by atoms with E-state index in [4.69, 9.17) is 0 Å². The van der Waals surface area contributed by atoms with Gasteiger partial charge in [-0.15, -0.1) is 0 Å². The molecule has 1 N–H and O–H groups in total. The lowest BCUT2D eigenvalue weighted by atomic mass is 10.0.